The van der Waals surface area contributed by atoms with E-state index in [-0.39, 0.29) is 16.6 Å². The van der Waals surface area contributed by atoms with Gasteiger partial charge in [0.1, 0.15) is 0 Å². The van der Waals surface area contributed by atoms with Crippen molar-refractivity contribution in [1.82, 2.24) is 4.72 Å². The zero-order valence-electron chi connectivity index (χ0n) is 12.1. The number of hydrogen-bond acceptors (Lipinski definition) is 5. The second-order valence-electron chi connectivity index (χ2n) is 5.42. The molecule has 0 heterocycles. The first-order valence-corrected chi connectivity index (χ1v) is 8.50. The van der Waals surface area contributed by atoms with Crippen LogP contribution in [0.5, 0.6) is 0 Å². The first kappa shape index (κ1) is 15.4. The van der Waals surface area contributed by atoms with Gasteiger partial charge < -0.3 is 5.73 Å². The Morgan fingerprint density at radius 3 is 2.52 bits per heavy atom. The Hall–Kier alpha value is -2.45. The van der Waals surface area contributed by atoms with E-state index in [0.29, 0.717) is 12.1 Å². The summed E-state index contributed by atoms with van der Waals surface area (Å²) >= 11 is 0. The molecule has 3 N–H and O–H groups in total. The smallest absolute Gasteiger partial charge is 0.269 e. The van der Waals surface area contributed by atoms with E-state index in [4.69, 9.17) is 5.73 Å². The Kier molecular flexibility index (Phi) is 3.78. The van der Waals surface area contributed by atoms with Crippen LogP contribution in [-0.4, -0.2) is 13.3 Å². The fraction of sp³-hybridized carbons (Fsp3) is 0.200. The third-order valence-electron chi connectivity index (χ3n) is 3.90. The summed E-state index contributed by atoms with van der Waals surface area (Å²) in [7, 11) is -3.74. The molecule has 0 bridgehead atoms. The average molecular weight is 333 g/mol. The molecule has 0 spiro atoms. The number of nitrogens with one attached hydrogen (secondary N) is 1. The van der Waals surface area contributed by atoms with E-state index in [1.165, 1.54) is 24.3 Å². The number of rotatable bonds is 4. The summed E-state index contributed by atoms with van der Waals surface area (Å²) in [5, 5.41) is 10.6. The molecule has 8 heteroatoms. The van der Waals surface area contributed by atoms with Crippen molar-refractivity contribution in [3.8, 4) is 0 Å². The topological polar surface area (TPSA) is 115 Å². The van der Waals surface area contributed by atoms with Crippen LogP contribution in [-0.2, 0) is 16.4 Å². The average Bonchev–Trinajstić information content (AvgIpc) is 2.89. The number of anilines is 1. The highest BCUT2D eigenvalue weighted by Crippen LogP contribution is 2.33. The van der Waals surface area contributed by atoms with Crippen LogP contribution in [0.15, 0.2) is 47.4 Å². The second kappa shape index (κ2) is 5.64. The molecule has 23 heavy (non-hydrogen) atoms. The van der Waals surface area contributed by atoms with E-state index in [2.05, 4.69) is 4.72 Å². The molecule has 2 aromatic carbocycles. The third kappa shape index (κ3) is 3.03. The first-order chi connectivity index (χ1) is 10.9. The molecule has 0 radical (unpaired) electrons. The number of non-ortho nitro benzene ring substituents is 1. The van der Waals surface area contributed by atoms with Crippen molar-refractivity contribution >= 4 is 21.4 Å². The molecule has 0 fully saturated rings. The predicted molar refractivity (Wildman–Crippen MR) is 85.3 cm³/mol. The minimum Gasteiger partial charge on any atom is -0.399 e. The van der Waals surface area contributed by atoms with Crippen molar-refractivity contribution < 1.29 is 13.3 Å². The number of nitrogen functional groups attached to an aromatic ring is 1. The van der Waals surface area contributed by atoms with Crippen molar-refractivity contribution in [2.75, 3.05) is 5.73 Å². The van der Waals surface area contributed by atoms with Gasteiger partial charge in [-0.1, -0.05) is 6.07 Å². The molecular formula is C15H15N3O4S. The maximum atomic E-state index is 12.4. The third-order valence-corrected chi connectivity index (χ3v) is 5.39. The van der Waals surface area contributed by atoms with E-state index in [0.717, 1.165) is 17.5 Å². The number of fused-ring (bicyclic) bond motifs is 1. The Morgan fingerprint density at radius 1 is 1.17 bits per heavy atom. The van der Waals surface area contributed by atoms with Gasteiger partial charge in [0.2, 0.25) is 10.0 Å². The number of hydrogen-bond donors (Lipinski definition) is 2. The fourth-order valence-electron chi connectivity index (χ4n) is 2.76. The highest BCUT2D eigenvalue weighted by Gasteiger charge is 2.27. The van der Waals surface area contributed by atoms with Crippen molar-refractivity contribution in [1.29, 1.82) is 0 Å². The highest BCUT2D eigenvalue weighted by atomic mass is 32.2. The maximum Gasteiger partial charge on any atom is 0.269 e. The van der Waals surface area contributed by atoms with E-state index in [1.54, 1.807) is 6.07 Å². The lowest BCUT2D eigenvalue weighted by Crippen LogP contribution is -2.27. The Bertz CT molecular complexity index is 863. The molecule has 120 valence electrons. The summed E-state index contributed by atoms with van der Waals surface area (Å²) in [5.74, 6) is 0. The summed E-state index contributed by atoms with van der Waals surface area (Å²) in [6.45, 7) is 0. The van der Waals surface area contributed by atoms with Crippen LogP contribution in [0.2, 0.25) is 0 Å². The number of nitrogens with two attached hydrogens (primary N) is 1. The molecule has 7 nitrogen and oxygen atoms in total. The van der Waals surface area contributed by atoms with Crippen molar-refractivity contribution in [2.24, 2.45) is 0 Å². The molecule has 3 rings (SSSR count). The second-order valence-corrected chi connectivity index (χ2v) is 7.14. The minimum atomic E-state index is -3.74. The highest BCUT2D eigenvalue weighted by molar-refractivity contribution is 7.89. The molecule has 0 amide bonds. The predicted octanol–water partition coefficient (Wildman–Crippen LogP) is 2.14. The van der Waals surface area contributed by atoms with Gasteiger partial charge >= 0.3 is 0 Å². The molecule has 0 aromatic heterocycles. The van der Waals surface area contributed by atoms with E-state index >= 15 is 0 Å². The number of nitro groups is 1. The van der Waals surface area contributed by atoms with Gasteiger partial charge in [0.15, 0.2) is 0 Å². The normalized spacial score (nSPS) is 17.0. The molecule has 1 aliphatic rings. The lowest BCUT2D eigenvalue weighted by molar-refractivity contribution is -0.384. The number of benzene rings is 2. The molecule has 0 aliphatic heterocycles. The van der Waals surface area contributed by atoms with E-state index in [9.17, 15) is 18.5 Å². The molecule has 2 aromatic rings. The van der Waals surface area contributed by atoms with Crippen LogP contribution >= 0.6 is 0 Å². The summed E-state index contributed by atoms with van der Waals surface area (Å²) in [5.41, 5.74) is 8.21. The van der Waals surface area contributed by atoms with Gasteiger partial charge in [0, 0.05) is 23.9 Å². The molecular weight excluding hydrogens is 318 g/mol. The fourth-order valence-corrected chi connectivity index (χ4v) is 4.01. The van der Waals surface area contributed by atoms with Gasteiger partial charge in [0.05, 0.1) is 9.82 Å². The molecule has 1 aliphatic carbocycles. The maximum absolute atomic E-state index is 12.4. The summed E-state index contributed by atoms with van der Waals surface area (Å²) in [6.07, 6.45) is 1.42. The van der Waals surface area contributed by atoms with Crippen LogP contribution in [0.3, 0.4) is 0 Å². The molecule has 1 atom stereocenters. The van der Waals surface area contributed by atoms with Crippen molar-refractivity contribution in [2.45, 2.75) is 23.8 Å². The van der Waals surface area contributed by atoms with E-state index < -0.39 is 14.9 Å². The lowest BCUT2D eigenvalue weighted by Gasteiger charge is -2.14. The number of nitro benzene ring substituents is 1. The zero-order valence-corrected chi connectivity index (χ0v) is 12.9. The first-order valence-electron chi connectivity index (χ1n) is 7.02. The van der Waals surface area contributed by atoms with Crippen molar-refractivity contribution in [3.63, 3.8) is 0 Å². The Labute approximate surface area is 133 Å². The van der Waals surface area contributed by atoms with Gasteiger partial charge in [-0.25, -0.2) is 13.1 Å². The van der Waals surface area contributed by atoms with Gasteiger partial charge in [-0.2, -0.15) is 0 Å². The van der Waals surface area contributed by atoms with Crippen LogP contribution in [0.25, 0.3) is 0 Å². The number of nitrogens with zero attached hydrogens (tertiary/aromatic N) is 1. The van der Waals surface area contributed by atoms with Crippen molar-refractivity contribution in [3.05, 3.63) is 63.7 Å². The summed E-state index contributed by atoms with van der Waals surface area (Å²) < 4.78 is 27.5. The SMILES string of the molecule is Nc1ccc2c(c1)CCC2NS(=O)(=O)c1ccc([N+](=O)[O-])cc1. The van der Waals surface area contributed by atoms with Gasteiger partial charge in [0.25, 0.3) is 5.69 Å². The van der Waals surface area contributed by atoms with Crippen LogP contribution in [0.4, 0.5) is 11.4 Å². The molecule has 1 unspecified atom stereocenters. The number of sulfonamides is 1. The monoisotopic (exact) mass is 333 g/mol. The quantitative estimate of drug-likeness (QED) is 0.505. The van der Waals surface area contributed by atoms with Crippen LogP contribution < -0.4 is 10.5 Å². The summed E-state index contributed by atoms with van der Waals surface area (Å²) in [6, 6.07) is 9.95. The minimum absolute atomic E-state index is 0.00648. The Balaban J connectivity index is 1.84. The van der Waals surface area contributed by atoms with Crippen LogP contribution in [0, 0.1) is 10.1 Å². The molecule has 0 saturated heterocycles. The van der Waals surface area contributed by atoms with Gasteiger partial charge in [-0.15, -0.1) is 0 Å². The largest absolute Gasteiger partial charge is 0.399 e. The molecule has 0 saturated carbocycles. The number of aryl methyl sites for hydroxylation is 1. The lowest BCUT2D eigenvalue weighted by atomic mass is 10.1. The zero-order chi connectivity index (χ0) is 16.6. The van der Waals surface area contributed by atoms with E-state index in [1.807, 2.05) is 12.1 Å². The van der Waals surface area contributed by atoms with Gasteiger partial charge in [-0.3, -0.25) is 10.1 Å². The summed E-state index contributed by atoms with van der Waals surface area (Å²) in [4.78, 5) is 10.1. The Morgan fingerprint density at radius 2 is 1.87 bits per heavy atom. The van der Waals surface area contributed by atoms with Crippen LogP contribution in [0.1, 0.15) is 23.6 Å². The van der Waals surface area contributed by atoms with Gasteiger partial charge in [-0.05, 0) is 48.2 Å². The standard InChI is InChI=1S/C15H15N3O4S/c16-11-2-7-14-10(9-11)1-8-15(14)17-23(21,22)13-5-3-12(4-6-13)18(19)20/h2-7,9,15,17H,1,8,16H2.